The zero-order valence-corrected chi connectivity index (χ0v) is 17.6. The van der Waals surface area contributed by atoms with E-state index in [1.807, 2.05) is 0 Å². The number of furan rings is 1. The number of hydrogen-bond acceptors (Lipinski definition) is 2. The van der Waals surface area contributed by atoms with Gasteiger partial charge in [0.05, 0.1) is 10.9 Å². The van der Waals surface area contributed by atoms with Crippen LogP contribution in [0.1, 0.15) is 54.1 Å². The molecule has 3 nitrogen and oxygen atoms in total. The van der Waals surface area contributed by atoms with Gasteiger partial charge in [0, 0.05) is 11.3 Å². The molecule has 0 spiro atoms. The van der Waals surface area contributed by atoms with Crippen molar-refractivity contribution in [3.63, 3.8) is 0 Å². The first-order chi connectivity index (χ1) is 14.0. The molecular formula is C26H26NO2+. The third-order valence-corrected chi connectivity index (χ3v) is 6.98. The van der Waals surface area contributed by atoms with Gasteiger partial charge in [-0.2, -0.15) is 4.57 Å². The number of aryl methyl sites for hydroxylation is 3. The van der Waals surface area contributed by atoms with E-state index in [4.69, 9.17) is 9.15 Å². The van der Waals surface area contributed by atoms with Crippen molar-refractivity contribution in [1.82, 2.24) is 0 Å². The summed E-state index contributed by atoms with van der Waals surface area (Å²) < 4.78 is 15.1. The summed E-state index contributed by atoms with van der Waals surface area (Å²) in [6.45, 7) is 6.57. The first-order valence-electron chi connectivity index (χ1n) is 10.7. The van der Waals surface area contributed by atoms with Gasteiger partial charge in [-0.15, -0.1) is 0 Å². The van der Waals surface area contributed by atoms with E-state index >= 15 is 0 Å². The molecule has 2 aromatic heterocycles. The van der Waals surface area contributed by atoms with Crippen molar-refractivity contribution >= 4 is 21.7 Å². The molecule has 1 saturated carbocycles. The molecule has 0 unspecified atom stereocenters. The molecule has 2 aromatic carbocycles. The molecule has 0 N–H and O–H groups in total. The lowest BCUT2D eigenvalue weighted by atomic mass is 9.89. The monoisotopic (exact) mass is 384 g/mol. The van der Waals surface area contributed by atoms with Crippen LogP contribution in [0.3, 0.4) is 0 Å². The maximum absolute atomic E-state index is 6.61. The van der Waals surface area contributed by atoms with E-state index in [1.54, 1.807) is 0 Å². The minimum Gasteiger partial charge on any atom is -0.454 e. The van der Waals surface area contributed by atoms with Crippen LogP contribution >= 0.6 is 0 Å². The van der Waals surface area contributed by atoms with Gasteiger partial charge in [0.25, 0.3) is 5.69 Å². The van der Waals surface area contributed by atoms with Crippen molar-refractivity contribution in [2.24, 2.45) is 7.05 Å². The smallest absolute Gasteiger partial charge is 0.257 e. The fourth-order valence-corrected chi connectivity index (χ4v) is 5.41. The summed E-state index contributed by atoms with van der Waals surface area (Å²) in [7, 11) is 2.10. The Morgan fingerprint density at radius 2 is 1.79 bits per heavy atom. The SMILES string of the molecule is Cc1cc2c3c(c(C)c(C)cc3c1)-c1c(c3cc(C4CCCC4)oc3c[n+]1C)O2. The standard InChI is InChI=1S/C26H26NO2/c1-14-9-18-11-15(2)16(3)23-24(18)21(10-14)29-26-19-12-20(17-7-5-6-8-17)28-22(19)13-27(4)25(23)26/h9-13,17H,5-8H2,1-4H3/q+1. The van der Waals surface area contributed by atoms with Crippen LogP contribution in [0.2, 0.25) is 0 Å². The summed E-state index contributed by atoms with van der Waals surface area (Å²) in [4.78, 5) is 0. The van der Waals surface area contributed by atoms with Crippen LogP contribution < -0.4 is 9.30 Å². The highest BCUT2D eigenvalue weighted by Crippen LogP contribution is 2.50. The van der Waals surface area contributed by atoms with Gasteiger partial charge in [0.15, 0.2) is 0 Å². The molecule has 146 valence electrons. The number of aromatic nitrogens is 1. The maximum atomic E-state index is 6.61. The molecule has 0 bridgehead atoms. The summed E-state index contributed by atoms with van der Waals surface area (Å²) in [6.07, 6.45) is 7.19. The lowest BCUT2D eigenvalue weighted by molar-refractivity contribution is -0.659. The van der Waals surface area contributed by atoms with Crippen LogP contribution in [-0.4, -0.2) is 0 Å². The zero-order valence-electron chi connectivity index (χ0n) is 17.6. The van der Waals surface area contributed by atoms with Gasteiger partial charge in [-0.05, 0) is 67.8 Å². The van der Waals surface area contributed by atoms with Crippen molar-refractivity contribution in [3.05, 3.63) is 52.9 Å². The maximum Gasteiger partial charge on any atom is 0.257 e. The average molecular weight is 384 g/mol. The Bertz CT molecular complexity index is 1320. The largest absolute Gasteiger partial charge is 0.454 e. The molecule has 4 aromatic rings. The van der Waals surface area contributed by atoms with E-state index in [0.29, 0.717) is 5.92 Å². The van der Waals surface area contributed by atoms with E-state index < -0.39 is 0 Å². The van der Waals surface area contributed by atoms with E-state index in [-0.39, 0.29) is 0 Å². The Balaban J connectivity index is 1.71. The van der Waals surface area contributed by atoms with E-state index in [1.165, 1.54) is 58.7 Å². The van der Waals surface area contributed by atoms with Crippen molar-refractivity contribution in [2.45, 2.75) is 52.4 Å². The van der Waals surface area contributed by atoms with Crippen molar-refractivity contribution in [3.8, 4) is 22.8 Å². The van der Waals surface area contributed by atoms with Gasteiger partial charge in [0.1, 0.15) is 18.6 Å². The number of fused-ring (bicyclic) bond motifs is 4. The number of nitrogens with zero attached hydrogens (tertiary/aromatic N) is 1. The molecule has 3 heteroatoms. The fraction of sp³-hybridized carbons (Fsp3) is 0.346. The van der Waals surface area contributed by atoms with Crippen molar-refractivity contribution < 1.29 is 13.7 Å². The third kappa shape index (κ3) is 2.33. The van der Waals surface area contributed by atoms with Crippen LogP contribution in [0.15, 0.2) is 34.9 Å². The van der Waals surface area contributed by atoms with Crippen LogP contribution in [0.4, 0.5) is 0 Å². The highest BCUT2D eigenvalue weighted by molar-refractivity contribution is 6.07. The summed E-state index contributed by atoms with van der Waals surface area (Å²) >= 11 is 0. The molecule has 0 radical (unpaired) electrons. The second-order valence-corrected chi connectivity index (χ2v) is 8.98. The molecule has 2 aliphatic rings. The fourth-order valence-electron chi connectivity index (χ4n) is 5.41. The molecule has 1 aliphatic heterocycles. The van der Waals surface area contributed by atoms with E-state index in [9.17, 15) is 0 Å². The van der Waals surface area contributed by atoms with Crippen molar-refractivity contribution in [1.29, 1.82) is 0 Å². The number of hydrogen-bond donors (Lipinski definition) is 0. The van der Waals surface area contributed by atoms with Gasteiger partial charge in [-0.1, -0.05) is 25.0 Å². The van der Waals surface area contributed by atoms with Crippen molar-refractivity contribution in [2.75, 3.05) is 0 Å². The van der Waals surface area contributed by atoms with Crippen LogP contribution in [0.5, 0.6) is 11.5 Å². The summed E-state index contributed by atoms with van der Waals surface area (Å²) in [5, 5.41) is 3.57. The molecule has 1 aliphatic carbocycles. The Kier molecular flexibility index (Phi) is 3.45. The molecule has 29 heavy (non-hydrogen) atoms. The van der Waals surface area contributed by atoms with Gasteiger partial charge in [0.2, 0.25) is 17.5 Å². The Morgan fingerprint density at radius 3 is 2.59 bits per heavy atom. The molecule has 1 fully saturated rings. The summed E-state index contributed by atoms with van der Waals surface area (Å²) in [5.41, 5.74) is 7.23. The number of pyridine rings is 1. The molecular weight excluding hydrogens is 358 g/mol. The minimum atomic E-state index is 0.550. The summed E-state index contributed by atoms with van der Waals surface area (Å²) in [5.74, 6) is 3.57. The zero-order chi connectivity index (χ0) is 19.9. The highest BCUT2D eigenvalue weighted by Gasteiger charge is 2.34. The van der Waals surface area contributed by atoms with Crippen LogP contribution in [0, 0.1) is 20.8 Å². The predicted molar refractivity (Wildman–Crippen MR) is 116 cm³/mol. The van der Waals surface area contributed by atoms with E-state index in [0.717, 1.165) is 33.9 Å². The van der Waals surface area contributed by atoms with Crippen LogP contribution in [0.25, 0.3) is 33.0 Å². The molecule has 6 rings (SSSR count). The lowest BCUT2D eigenvalue weighted by Crippen LogP contribution is -2.32. The third-order valence-electron chi connectivity index (χ3n) is 6.98. The quantitative estimate of drug-likeness (QED) is 0.298. The van der Waals surface area contributed by atoms with Gasteiger partial charge < -0.3 is 9.15 Å². The second kappa shape index (κ2) is 5.85. The second-order valence-electron chi connectivity index (χ2n) is 8.98. The topological polar surface area (TPSA) is 26.2 Å². The average Bonchev–Trinajstić information content (AvgIpc) is 3.34. The predicted octanol–water partition coefficient (Wildman–Crippen LogP) is 6.77. The Labute approximate surface area is 170 Å². The van der Waals surface area contributed by atoms with Gasteiger partial charge >= 0.3 is 0 Å². The minimum absolute atomic E-state index is 0.550. The Hall–Kier alpha value is -2.81. The normalized spacial score (nSPS) is 15.9. The first kappa shape index (κ1) is 17.1. The summed E-state index contributed by atoms with van der Waals surface area (Å²) in [6, 6.07) is 8.96. The number of rotatable bonds is 1. The number of benzene rings is 2. The van der Waals surface area contributed by atoms with E-state index in [2.05, 4.69) is 62.8 Å². The first-order valence-corrected chi connectivity index (χ1v) is 10.7. The molecule has 0 saturated heterocycles. The lowest BCUT2D eigenvalue weighted by Gasteiger charge is -2.22. The highest BCUT2D eigenvalue weighted by atomic mass is 16.5. The Morgan fingerprint density at radius 1 is 1.00 bits per heavy atom. The molecule has 0 atom stereocenters. The number of ether oxygens (including phenoxy) is 1. The molecule has 3 heterocycles. The van der Waals surface area contributed by atoms with Crippen LogP contribution in [-0.2, 0) is 7.05 Å². The molecule has 0 amide bonds. The van der Waals surface area contributed by atoms with Gasteiger partial charge in [-0.3, -0.25) is 0 Å². The van der Waals surface area contributed by atoms with Gasteiger partial charge in [-0.25, -0.2) is 0 Å².